The van der Waals surface area contributed by atoms with Crippen LogP contribution in [0.5, 0.6) is 0 Å². The second-order valence-electron chi connectivity index (χ2n) is 2.61. The fourth-order valence-corrected chi connectivity index (χ4v) is 1.26. The van der Waals surface area contributed by atoms with Crippen molar-refractivity contribution in [3.05, 3.63) is 35.2 Å². The zero-order valence-corrected chi connectivity index (χ0v) is 7.75. The van der Waals surface area contributed by atoms with Crippen LogP contribution in [-0.2, 0) is 0 Å². The van der Waals surface area contributed by atoms with Gasteiger partial charge in [0.1, 0.15) is 0 Å². The largest absolute Gasteiger partial charge is 0.421 e. The fourth-order valence-electron chi connectivity index (χ4n) is 1.04. The number of hydrogen-bond acceptors (Lipinski definition) is 3. The van der Waals surface area contributed by atoms with Crippen LogP contribution in [0.4, 0.5) is 0 Å². The third-order valence-corrected chi connectivity index (χ3v) is 1.96. The van der Waals surface area contributed by atoms with E-state index in [0.717, 1.165) is 5.56 Å². The summed E-state index contributed by atoms with van der Waals surface area (Å²) < 4.78 is 5.24. The molecule has 0 N–H and O–H groups in total. The van der Waals surface area contributed by atoms with Crippen LogP contribution in [0.3, 0.4) is 0 Å². The number of benzene rings is 1. The molecular weight excluding hydrogens is 188 g/mol. The van der Waals surface area contributed by atoms with Gasteiger partial charge in [-0.25, -0.2) is 0 Å². The van der Waals surface area contributed by atoms with Gasteiger partial charge in [-0.1, -0.05) is 23.7 Å². The lowest BCUT2D eigenvalue weighted by atomic mass is 10.2. The van der Waals surface area contributed by atoms with E-state index in [1.165, 1.54) is 0 Å². The Labute approximate surface area is 80.4 Å². The maximum absolute atomic E-state index is 5.94. The van der Waals surface area contributed by atoms with Gasteiger partial charge in [-0.05, 0) is 12.1 Å². The van der Waals surface area contributed by atoms with Crippen LogP contribution in [0, 0.1) is 6.92 Å². The molecular formula is C9H7ClN2O. The number of hydrogen-bond donors (Lipinski definition) is 0. The molecule has 13 heavy (non-hydrogen) atoms. The quantitative estimate of drug-likeness (QED) is 0.701. The van der Waals surface area contributed by atoms with Crippen LogP contribution in [0.15, 0.2) is 28.7 Å². The van der Waals surface area contributed by atoms with Gasteiger partial charge in [0.05, 0.1) is 10.6 Å². The van der Waals surface area contributed by atoms with E-state index in [1.54, 1.807) is 13.0 Å². The Balaban J connectivity index is 2.52. The first-order chi connectivity index (χ1) is 6.27. The number of nitrogens with zero attached hydrogens (tertiary/aromatic N) is 2. The van der Waals surface area contributed by atoms with Crippen LogP contribution < -0.4 is 0 Å². The van der Waals surface area contributed by atoms with Gasteiger partial charge in [-0.15, -0.1) is 10.2 Å². The first kappa shape index (κ1) is 8.26. The highest BCUT2D eigenvalue weighted by atomic mass is 35.5. The molecule has 0 aliphatic rings. The topological polar surface area (TPSA) is 38.9 Å². The Morgan fingerprint density at radius 2 is 2.00 bits per heavy atom. The van der Waals surface area contributed by atoms with E-state index < -0.39 is 0 Å². The normalized spacial score (nSPS) is 10.3. The van der Waals surface area contributed by atoms with Crippen molar-refractivity contribution in [1.82, 2.24) is 10.2 Å². The van der Waals surface area contributed by atoms with Crippen LogP contribution in [0.1, 0.15) is 5.89 Å². The smallest absolute Gasteiger partial charge is 0.249 e. The van der Waals surface area contributed by atoms with Crippen molar-refractivity contribution in [3.8, 4) is 11.5 Å². The third-order valence-electron chi connectivity index (χ3n) is 1.63. The van der Waals surface area contributed by atoms with Crippen LogP contribution in [-0.4, -0.2) is 10.2 Å². The zero-order chi connectivity index (χ0) is 9.26. The Kier molecular flexibility index (Phi) is 2.02. The van der Waals surface area contributed by atoms with E-state index in [-0.39, 0.29) is 0 Å². The zero-order valence-electron chi connectivity index (χ0n) is 6.99. The lowest BCUT2D eigenvalue weighted by Crippen LogP contribution is -1.78. The van der Waals surface area contributed by atoms with Crippen molar-refractivity contribution >= 4 is 11.6 Å². The van der Waals surface area contributed by atoms with Crippen LogP contribution >= 0.6 is 11.6 Å². The molecule has 1 aromatic carbocycles. The summed E-state index contributed by atoms with van der Waals surface area (Å²) in [4.78, 5) is 0. The van der Waals surface area contributed by atoms with Crippen LogP contribution in [0.25, 0.3) is 11.5 Å². The summed E-state index contributed by atoms with van der Waals surface area (Å²) in [5.74, 6) is 0.998. The van der Waals surface area contributed by atoms with Crippen molar-refractivity contribution in [2.45, 2.75) is 6.92 Å². The van der Waals surface area contributed by atoms with Gasteiger partial charge in [0.15, 0.2) is 0 Å². The summed E-state index contributed by atoms with van der Waals surface area (Å²) in [6.07, 6.45) is 0. The number of halogens is 1. The van der Waals surface area contributed by atoms with Gasteiger partial charge in [0, 0.05) is 6.92 Å². The second-order valence-corrected chi connectivity index (χ2v) is 3.01. The Morgan fingerprint density at radius 1 is 1.23 bits per heavy atom. The molecule has 0 fully saturated rings. The van der Waals surface area contributed by atoms with Gasteiger partial charge in [-0.2, -0.15) is 0 Å². The van der Waals surface area contributed by atoms with E-state index in [2.05, 4.69) is 10.2 Å². The van der Waals surface area contributed by atoms with Crippen molar-refractivity contribution < 1.29 is 4.42 Å². The molecule has 66 valence electrons. The summed E-state index contributed by atoms with van der Waals surface area (Å²) in [6, 6.07) is 7.36. The molecule has 0 aliphatic carbocycles. The first-order valence-electron chi connectivity index (χ1n) is 3.82. The molecule has 2 rings (SSSR count). The summed E-state index contributed by atoms with van der Waals surface area (Å²) >= 11 is 5.94. The molecule has 0 saturated carbocycles. The van der Waals surface area contributed by atoms with Crippen molar-refractivity contribution in [2.75, 3.05) is 0 Å². The van der Waals surface area contributed by atoms with E-state index in [1.807, 2.05) is 18.2 Å². The average molecular weight is 195 g/mol. The predicted octanol–water partition coefficient (Wildman–Crippen LogP) is 2.70. The minimum Gasteiger partial charge on any atom is -0.421 e. The monoisotopic (exact) mass is 194 g/mol. The molecule has 0 radical (unpaired) electrons. The molecule has 0 aliphatic heterocycles. The van der Waals surface area contributed by atoms with Gasteiger partial charge in [0.2, 0.25) is 11.8 Å². The number of aryl methyl sites for hydroxylation is 1. The Hall–Kier alpha value is -1.35. The van der Waals surface area contributed by atoms with Gasteiger partial charge >= 0.3 is 0 Å². The Morgan fingerprint density at radius 3 is 2.62 bits per heavy atom. The van der Waals surface area contributed by atoms with Gasteiger partial charge < -0.3 is 4.42 Å². The van der Waals surface area contributed by atoms with Gasteiger partial charge in [-0.3, -0.25) is 0 Å². The second kappa shape index (κ2) is 3.18. The molecule has 0 atom stereocenters. The molecule has 2 aromatic rings. The molecule has 0 unspecified atom stereocenters. The highest BCUT2D eigenvalue weighted by Gasteiger charge is 2.08. The highest BCUT2D eigenvalue weighted by molar-refractivity contribution is 6.33. The maximum Gasteiger partial charge on any atom is 0.249 e. The van der Waals surface area contributed by atoms with E-state index in [4.69, 9.17) is 16.0 Å². The summed E-state index contributed by atoms with van der Waals surface area (Å²) in [7, 11) is 0. The molecule has 0 bridgehead atoms. The number of aromatic nitrogens is 2. The molecule has 0 saturated heterocycles. The molecule has 3 nitrogen and oxygen atoms in total. The average Bonchev–Trinajstić information content (AvgIpc) is 2.53. The minimum absolute atomic E-state index is 0.461. The standard InChI is InChI=1S/C9H7ClN2O/c1-6-11-12-9(13-6)7-4-2-3-5-8(7)10/h2-5H,1H3. The number of rotatable bonds is 1. The summed E-state index contributed by atoms with van der Waals surface area (Å²) in [6.45, 7) is 1.74. The van der Waals surface area contributed by atoms with E-state index in [0.29, 0.717) is 16.8 Å². The fraction of sp³-hybridized carbons (Fsp3) is 0.111. The van der Waals surface area contributed by atoms with Crippen molar-refractivity contribution in [1.29, 1.82) is 0 Å². The highest BCUT2D eigenvalue weighted by Crippen LogP contribution is 2.25. The lowest BCUT2D eigenvalue weighted by Gasteiger charge is -1.95. The minimum atomic E-state index is 0.461. The van der Waals surface area contributed by atoms with Crippen LogP contribution in [0.2, 0.25) is 5.02 Å². The molecule has 1 aromatic heterocycles. The van der Waals surface area contributed by atoms with E-state index in [9.17, 15) is 0 Å². The van der Waals surface area contributed by atoms with Gasteiger partial charge in [0.25, 0.3) is 0 Å². The maximum atomic E-state index is 5.94. The third kappa shape index (κ3) is 1.55. The Bertz CT molecular complexity index is 425. The van der Waals surface area contributed by atoms with Crippen molar-refractivity contribution in [3.63, 3.8) is 0 Å². The molecule has 0 spiro atoms. The molecule has 4 heteroatoms. The summed E-state index contributed by atoms with van der Waals surface area (Å²) in [5.41, 5.74) is 0.768. The first-order valence-corrected chi connectivity index (χ1v) is 4.20. The summed E-state index contributed by atoms with van der Waals surface area (Å²) in [5, 5.41) is 8.22. The molecule has 1 heterocycles. The SMILES string of the molecule is Cc1nnc(-c2ccccc2Cl)o1. The van der Waals surface area contributed by atoms with Crippen molar-refractivity contribution in [2.24, 2.45) is 0 Å². The predicted molar refractivity (Wildman–Crippen MR) is 49.5 cm³/mol. The van der Waals surface area contributed by atoms with E-state index >= 15 is 0 Å². The molecule has 0 amide bonds. The lowest BCUT2D eigenvalue weighted by molar-refractivity contribution is 0.533.